The fraction of sp³-hybridized carbons (Fsp3) is 0.364. The SMILES string of the molecule is N[C@@H](COP(=O)(O)OCCc1ccccc1[N+](=O)[O-])C(=O)O. The number of nitrogens with two attached hydrogens (primary N) is 1. The molecule has 1 aromatic rings. The van der Waals surface area contributed by atoms with E-state index in [-0.39, 0.29) is 18.7 Å². The molecule has 1 rings (SSSR count). The maximum absolute atomic E-state index is 11.5. The van der Waals surface area contributed by atoms with Gasteiger partial charge in [0.05, 0.1) is 18.1 Å². The van der Waals surface area contributed by atoms with Crippen LogP contribution in [-0.4, -0.2) is 40.1 Å². The van der Waals surface area contributed by atoms with Crippen LogP contribution in [0.5, 0.6) is 0 Å². The van der Waals surface area contributed by atoms with Crippen LogP contribution in [0.4, 0.5) is 5.69 Å². The van der Waals surface area contributed by atoms with Crippen LogP contribution in [0.1, 0.15) is 5.56 Å². The van der Waals surface area contributed by atoms with Gasteiger partial charge in [-0.05, 0) is 0 Å². The predicted octanol–water partition coefficient (Wildman–Crippen LogP) is 0.683. The molecule has 4 N–H and O–H groups in total. The van der Waals surface area contributed by atoms with Gasteiger partial charge in [0.2, 0.25) is 0 Å². The van der Waals surface area contributed by atoms with Crippen molar-refractivity contribution in [3.8, 4) is 0 Å². The molecule has 0 fully saturated rings. The number of phosphoric ester groups is 1. The van der Waals surface area contributed by atoms with E-state index in [1.807, 2.05) is 0 Å². The van der Waals surface area contributed by atoms with Crippen LogP contribution in [-0.2, 0) is 24.8 Å². The minimum atomic E-state index is -4.48. The molecule has 11 heteroatoms. The van der Waals surface area contributed by atoms with Crippen molar-refractivity contribution in [1.29, 1.82) is 0 Å². The summed E-state index contributed by atoms with van der Waals surface area (Å²) in [5, 5.41) is 19.3. The fourth-order valence-corrected chi connectivity index (χ4v) is 2.20. The van der Waals surface area contributed by atoms with Crippen LogP contribution in [0.25, 0.3) is 0 Å². The number of phosphoric acid groups is 1. The van der Waals surface area contributed by atoms with Gasteiger partial charge in [-0.1, -0.05) is 18.2 Å². The number of carboxylic acids is 1. The maximum atomic E-state index is 11.5. The van der Waals surface area contributed by atoms with Crippen LogP contribution < -0.4 is 5.73 Å². The molecule has 122 valence electrons. The molecular weight excluding hydrogens is 319 g/mol. The molecule has 0 aliphatic carbocycles. The van der Waals surface area contributed by atoms with E-state index in [9.17, 15) is 24.4 Å². The van der Waals surface area contributed by atoms with Gasteiger partial charge in [-0.25, -0.2) is 4.57 Å². The highest BCUT2D eigenvalue weighted by molar-refractivity contribution is 7.47. The van der Waals surface area contributed by atoms with Gasteiger partial charge in [-0.2, -0.15) is 0 Å². The van der Waals surface area contributed by atoms with Crippen LogP contribution in [0.3, 0.4) is 0 Å². The number of rotatable bonds is 9. The maximum Gasteiger partial charge on any atom is 0.472 e. The minimum Gasteiger partial charge on any atom is -0.480 e. The Hall–Kier alpha value is -1.84. The number of hydrogen-bond acceptors (Lipinski definition) is 7. The Morgan fingerprint density at radius 1 is 1.41 bits per heavy atom. The number of nitro benzene ring substituents is 1. The quantitative estimate of drug-likeness (QED) is 0.335. The molecule has 2 atom stereocenters. The van der Waals surface area contributed by atoms with Crippen molar-refractivity contribution in [3.05, 3.63) is 39.9 Å². The number of aliphatic carboxylic acids is 1. The van der Waals surface area contributed by atoms with Gasteiger partial charge >= 0.3 is 13.8 Å². The van der Waals surface area contributed by atoms with E-state index in [2.05, 4.69) is 9.05 Å². The average molecular weight is 334 g/mol. The van der Waals surface area contributed by atoms with Gasteiger partial charge in [-0.3, -0.25) is 24.0 Å². The first-order valence-corrected chi connectivity index (χ1v) is 7.55. The van der Waals surface area contributed by atoms with E-state index in [1.54, 1.807) is 6.07 Å². The second-order valence-electron chi connectivity index (χ2n) is 4.18. The summed E-state index contributed by atoms with van der Waals surface area (Å²) in [5.74, 6) is -1.39. The average Bonchev–Trinajstić information content (AvgIpc) is 2.44. The number of benzene rings is 1. The lowest BCUT2D eigenvalue weighted by Gasteiger charge is -2.13. The number of carboxylic acid groups (broad SMARTS) is 1. The normalized spacial score (nSPS) is 15.0. The first-order valence-electron chi connectivity index (χ1n) is 6.05. The summed E-state index contributed by atoms with van der Waals surface area (Å²) in [6.07, 6.45) is 0.00997. The zero-order chi connectivity index (χ0) is 16.8. The van der Waals surface area contributed by atoms with E-state index in [4.69, 9.17) is 10.8 Å². The summed E-state index contributed by atoms with van der Waals surface area (Å²) in [5.41, 5.74) is 5.31. The van der Waals surface area contributed by atoms with Gasteiger partial charge in [0, 0.05) is 18.1 Å². The van der Waals surface area contributed by atoms with Crippen LogP contribution in [0.2, 0.25) is 0 Å². The second-order valence-corrected chi connectivity index (χ2v) is 5.63. The largest absolute Gasteiger partial charge is 0.480 e. The van der Waals surface area contributed by atoms with Crippen molar-refractivity contribution in [3.63, 3.8) is 0 Å². The molecule has 0 amide bonds. The Morgan fingerprint density at radius 2 is 2.05 bits per heavy atom. The smallest absolute Gasteiger partial charge is 0.472 e. The second kappa shape index (κ2) is 7.97. The van der Waals surface area contributed by atoms with Gasteiger partial charge in [0.1, 0.15) is 6.04 Å². The Kier molecular flexibility index (Phi) is 6.60. The molecular formula is C11H15N2O8P. The molecule has 1 unspecified atom stereocenters. The topological polar surface area (TPSA) is 162 Å². The third kappa shape index (κ3) is 5.88. The molecule has 0 aliphatic rings. The van der Waals surface area contributed by atoms with Gasteiger partial charge in [0.15, 0.2) is 0 Å². The summed E-state index contributed by atoms with van der Waals surface area (Å²) < 4.78 is 20.5. The molecule has 0 radical (unpaired) electrons. The summed E-state index contributed by atoms with van der Waals surface area (Å²) in [7, 11) is -4.48. The number of hydrogen-bond donors (Lipinski definition) is 3. The van der Waals surface area contributed by atoms with Gasteiger partial charge in [-0.15, -0.1) is 0 Å². The van der Waals surface area contributed by atoms with Crippen LogP contribution in [0.15, 0.2) is 24.3 Å². The number of para-hydroxylation sites is 1. The monoisotopic (exact) mass is 334 g/mol. The fourth-order valence-electron chi connectivity index (χ4n) is 1.45. The lowest BCUT2D eigenvalue weighted by molar-refractivity contribution is -0.385. The molecule has 0 bridgehead atoms. The highest BCUT2D eigenvalue weighted by atomic mass is 31.2. The van der Waals surface area contributed by atoms with Crippen molar-refractivity contribution < 1.29 is 33.3 Å². The van der Waals surface area contributed by atoms with E-state index in [0.29, 0.717) is 5.56 Å². The Balaban J connectivity index is 2.51. The molecule has 22 heavy (non-hydrogen) atoms. The van der Waals surface area contributed by atoms with Crippen molar-refractivity contribution in [1.82, 2.24) is 0 Å². The van der Waals surface area contributed by atoms with Crippen molar-refractivity contribution in [2.45, 2.75) is 12.5 Å². The molecule has 0 aromatic heterocycles. The molecule has 0 aliphatic heterocycles. The van der Waals surface area contributed by atoms with Gasteiger partial charge < -0.3 is 15.7 Å². The zero-order valence-corrected chi connectivity index (χ0v) is 12.2. The Labute approximate surface area is 125 Å². The van der Waals surface area contributed by atoms with Crippen molar-refractivity contribution in [2.75, 3.05) is 13.2 Å². The lowest BCUT2D eigenvalue weighted by atomic mass is 10.1. The van der Waals surface area contributed by atoms with Crippen molar-refractivity contribution >= 4 is 19.5 Å². The Morgan fingerprint density at radius 3 is 2.64 bits per heavy atom. The predicted molar refractivity (Wildman–Crippen MR) is 74.1 cm³/mol. The summed E-state index contributed by atoms with van der Waals surface area (Å²) in [6.45, 7) is -1.02. The molecule has 10 nitrogen and oxygen atoms in total. The highest BCUT2D eigenvalue weighted by Crippen LogP contribution is 2.43. The third-order valence-electron chi connectivity index (χ3n) is 2.55. The first-order chi connectivity index (χ1) is 10.2. The van der Waals surface area contributed by atoms with E-state index in [1.165, 1.54) is 18.2 Å². The van der Waals surface area contributed by atoms with Crippen LogP contribution in [0, 0.1) is 10.1 Å². The minimum absolute atomic E-state index is 0.00997. The molecule has 0 spiro atoms. The van der Waals surface area contributed by atoms with E-state index >= 15 is 0 Å². The number of nitrogens with zero attached hydrogens (tertiary/aromatic N) is 1. The van der Waals surface area contributed by atoms with E-state index < -0.39 is 31.4 Å². The molecule has 1 aromatic carbocycles. The summed E-state index contributed by atoms with van der Waals surface area (Å²) in [6, 6.07) is 4.42. The van der Waals surface area contributed by atoms with Crippen molar-refractivity contribution in [2.24, 2.45) is 5.73 Å². The standard InChI is InChI=1S/C11H15N2O8P/c12-9(11(14)15)7-21-22(18,19)20-6-5-8-3-1-2-4-10(8)13(16)17/h1-4,9H,5-7,12H2,(H,14,15)(H,18,19)/t9-/m0/s1. The Bertz CT molecular complexity index is 593. The molecule has 0 heterocycles. The zero-order valence-electron chi connectivity index (χ0n) is 11.3. The summed E-state index contributed by atoms with van der Waals surface area (Å²) in [4.78, 5) is 30.0. The molecule has 0 saturated heterocycles. The van der Waals surface area contributed by atoms with Crippen LogP contribution >= 0.6 is 7.82 Å². The molecule has 0 saturated carbocycles. The summed E-state index contributed by atoms with van der Waals surface area (Å²) >= 11 is 0. The highest BCUT2D eigenvalue weighted by Gasteiger charge is 2.24. The van der Waals surface area contributed by atoms with Gasteiger partial charge in [0.25, 0.3) is 5.69 Å². The number of carbonyl (C=O) groups is 1. The lowest BCUT2D eigenvalue weighted by Crippen LogP contribution is -2.34. The third-order valence-corrected chi connectivity index (χ3v) is 3.53. The van der Waals surface area contributed by atoms with E-state index in [0.717, 1.165) is 0 Å². The first kappa shape index (κ1) is 18.2. The number of nitro groups is 1.